The molecule has 2 heterocycles. The highest BCUT2D eigenvalue weighted by atomic mass is 32.1. The van der Waals surface area contributed by atoms with E-state index in [1.54, 1.807) is 11.3 Å². The number of fused-ring (bicyclic) bond motifs is 1. The second kappa shape index (κ2) is 7.43. The summed E-state index contributed by atoms with van der Waals surface area (Å²) in [6.45, 7) is 4.30. The average Bonchev–Trinajstić information content (AvgIpc) is 2.92. The molecule has 1 N–H and O–H groups in total. The number of aryl methyl sites for hydroxylation is 1. The summed E-state index contributed by atoms with van der Waals surface area (Å²) in [7, 11) is 0. The van der Waals surface area contributed by atoms with Gasteiger partial charge in [-0.05, 0) is 43.2 Å². The number of thiophene rings is 1. The number of amides is 1. The molecule has 2 aromatic rings. The molecule has 0 atom stereocenters. The van der Waals surface area contributed by atoms with Gasteiger partial charge in [0.05, 0.1) is 11.0 Å². The molecule has 1 amide bonds. The Morgan fingerprint density at radius 2 is 2.09 bits per heavy atom. The lowest BCUT2D eigenvalue weighted by molar-refractivity contribution is 0.00408. The van der Waals surface area contributed by atoms with Crippen LogP contribution >= 0.6 is 11.3 Å². The summed E-state index contributed by atoms with van der Waals surface area (Å²) < 4.78 is 6.91. The van der Waals surface area contributed by atoms with Crippen LogP contribution in [-0.4, -0.2) is 48.3 Å². The van der Waals surface area contributed by atoms with Gasteiger partial charge in [-0.3, -0.25) is 4.79 Å². The van der Waals surface area contributed by atoms with Crippen LogP contribution in [0.3, 0.4) is 0 Å². The van der Waals surface area contributed by atoms with Gasteiger partial charge in [0, 0.05) is 31.0 Å². The summed E-state index contributed by atoms with van der Waals surface area (Å²) in [6, 6.07) is 8.19. The number of hydrogen-bond donors (Lipinski definition) is 1. The molecule has 0 unspecified atom stereocenters. The van der Waals surface area contributed by atoms with Crippen LogP contribution in [0, 0.1) is 6.92 Å². The average molecular weight is 333 g/mol. The van der Waals surface area contributed by atoms with Gasteiger partial charge in [0.1, 0.15) is 0 Å². The van der Waals surface area contributed by atoms with Crippen molar-refractivity contribution in [2.75, 3.05) is 26.3 Å². The molecule has 3 rings (SSSR count). The number of carbonyl (C=O) groups excluding carboxylic acids is 1. The maximum absolute atomic E-state index is 12.8. The Bertz CT molecular complexity index is 674. The zero-order valence-electron chi connectivity index (χ0n) is 13.5. The molecular formula is C18H23NO3S. The molecule has 4 nitrogen and oxygen atoms in total. The summed E-state index contributed by atoms with van der Waals surface area (Å²) in [4.78, 5) is 15.6. The standard InChI is InChI=1S/C18H23NO3S/c1-13-15-5-2-3-6-16(15)23-17(13)18(21)19-9-7-14(8-10-19)22-12-4-11-20/h2-3,5-6,14,20H,4,7-12H2,1H3. The molecule has 1 saturated heterocycles. The smallest absolute Gasteiger partial charge is 0.264 e. The molecule has 0 bridgehead atoms. The number of piperidine rings is 1. The highest BCUT2D eigenvalue weighted by molar-refractivity contribution is 7.21. The summed E-state index contributed by atoms with van der Waals surface area (Å²) >= 11 is 1.59. The number of rotatable bonds is 5. The van der Waals surface area contributed by atoms with Crippen molar-refractivity contribution >= 4 is 27.3 Å². The van der Waals surface area contributed by atoms with Gasteiger partial charge in [0.15, 0.2) is 0 Å². The SMILES string of the molecule is Cc1c(C(=O)N2CCC(OCCCO)CC2)sc2ccccc12. The molecule has 0 radical (unpaired) electrons. The minimum Gasteiger partial charge on any atom is -0.396 e. The van der Waals surface area contributed by atoms with Crippen LogP contribution in [0.15, 0.2) is 24.3 Å². The summed E-state index contributed by atoms with van der Waals surface area (Å²) in [5, 5.41) is 9.97. The third kappa shape index (κ3) is 3.57. The first-order valence-corrected chi connectivity index (χ1v) is 9.02. The fourth-order valence-electron chi connectivity index (χ4n) is 3.06. The van der Waals surface area contributed by atoms with E-state index in [1.807, 2.05) is 24.0 Å². The van der Waals surface area contributed by atoms with Gasteiger partial charge in [0.2, 0.25) is 0 Å². The van der Waals surface area contributed by atoms with Crippen molar-refractivity contribution < 1.29 is 14.6 Å². The first-order valence-electron chi connectivity index (χ1n) is 8.20. The molecular weight excluding hydrogens is 310 g/mol. The quantitative estimate of drug-likeness (QED) is 0.855. The molecule has 1 aliphatic heterocycles. The summed E-state index contributed by atoms with van der Waals surface area (Å²) in [6.07, 6.45) is 2.65. The third-order valence-electron chi connectivity index (χ3n) is 4.42. The van der Waals surface area contributed by atoms with Crippen molar-refractivity contribution in [3.05, 3.63) is 34.7 Å². The van der Waals surface area contributed by atoms with Crippen LogP contribution in [0.25, 0.3) is 10.1 Å². The number of aliphatic hydroxyl groups excluding tert-OH is 1. The molecule has 124 valence electrons. The molecule has 5 heteroatoms. The van der Waals surface area contributed by atoms with E-state index in [2.05, 4.69) is 12.1 Å². The zero-order valence-corrected chi connectivity index (χ0v) is 14.3. The van der Waals surface area contributed by atoms with Gasteiger partial charge in [-0.2, -0.15) is 0 Å². The Kier molecular flexibility index (Phi) is 5.30. The monoisotopic (exact) mass is 333 g/mol. The minimum atomic E-state index is 0.150. The molecule has 0 aliphatic carbocycles. The van der Waals surface area contributed by atoms with Crippen LogP contribution in [0.5, 0.6) is 0 Å². The molecule has 23 heavy (non-hydrogen) atoms. The Hall–Kier alpha value is -1.43. The predicted octanol–water partition coefficient (Wildman–Crippen LogP) is 3.21. The van der Waals surface area contributed by atoms with Gasteiger partial charge in [-0.1, -0.05) is 18.2 Å². The van der Waals surface area contributed by atoms with Crippen LogP contribution in [-0.2, 0) is 4.74 Å². The van der Waals surface area contributed by atoms with Crippen molar-refractivity contribution in [1.82, 2.24) is 4.90 Å². The Morgan fingerprint density at radius 3 is 2.78 bits per heavy atom. The maximum atomic E-state index is 12.8. The number of nitrogens with zero attached hydrogens (tertiary/aromatic N) is 1. The molecule has 0 spiro atoms. The molecule has 1 aromatic carbocycles. The van der Waals surface area contributed by atoms with E-state index in [-0.39, 0.29) is 18.6 Å². The normalized spacial score (nSPS) is 16.2. The molecule has 1 aromatic heterocycles. The van der Waals surface area contributed by atoms with E-state index >= 15 is 0 Å². The highest BCUT2D eigenvalue weighted by Gasteiger charge is 2.26. The number of ether oxygens (including phenoxy) is 1. The van der Waals surface area contributed by atoms with Crippen LogP contribution in [0.2, 0.25) is 0 Å². The highest BCUT2D eigenvalue weighted by Crippen LogP contribution is 2.32. The van der Waals surface area contributed by atoms with Gasteiger partial charge in [-0.25, -0.2) is 0 Å². The number of likely N-dealkylation sites (tertiary alicyclic amines) is 1. The van der Waals surface area contributed by atoms with E-state index in [4.69, 9.17) is 9.84 Å². The minimum absolute atomic E-state index is 0.150. The van der Waals surface area contributed by atoms with Crippen LogP contribution in [0.4, 0.5) is 0 Å². The number of benzene rings is 1. The number of aliphatic hydroxyl groups is 1. The van der Waals surface area contributed by atoms with Gasteiger partial charge >= 0.3 is 0 Å². The van der Waals surface area contributed by atoms with E-state index < -0.39 is 0 Å². The lowest BCUT2D eigenvalue weighted by Crippen LogP contribution is -2.40. The fourth-order valence-corrected chi connectivity index (χ4v) is 4.24. The van der Waals surface area contributed by atoms with Gasteiger partial charge < -0.3 is 14.7 Å². The third-order valence-corrected chi connectivity index (χ3v) is 5.68. The Balaban J connectivity index is 1.64. The molecule has 1 fully saturated rings. The topological polar surface area (TPSA) is 49.8 Å². The summed E-state index contributed by atoms with van der Waals surface area (Å²) in [5.41, 5.74) is 1.09. The van der Waals surface area contributed by atoms with E-state index in [0.717, 1.165) is 36.4 Å². The summed E-state index contributed by atoms with van der Waals surface area (Å²) in [5.74, 6) is 0.150. The lowest BCUT2D eigenvalue weighted by Gasteiger charge is -2.31. The van der Waals surface area contributed by atoms with Gasteiger partial charge in [0.25, 0.3) is 5.91 Å². The van der Waals surface area contributed by atoms with E-state index in [0.29, 0.717) is 13.0 Å². The van der Waals surface area contributed by atoms with Crippen LogP contribution in [0.1, 0.15) is 34.5 Å². The number of hydrogen-bond acceptors (Lipinski definition) is 4. The van der Waals surface area contributed by atoms with Crippen molar-refractivity contribution in [3.8, 4) is 0 Å². The predicted molar refractivity (Wildman–Crippen MR) is 93.1 cm³/mol. The largest absolute Gasteiger partial charge is 0.396 e. The second-order valence-electron chi connectivity index (χ2n) is 5.99. The van der Waals surface area contributed by atoms with E-state index in [1.165, 1.54) is 10.1 Å². The Morgan fingerprint density at radius 1 is 1.35 bits per heavy atom. The first kappa shape index (κ1) is 16.4. The zero-order chi connectivity index (χ0) is 16.2. The fraction of sp³-hybridized carbons (Fsp3) is 0.500. The number of carbonyl (C=O) groups is 1. The molecule has 0 saturated carbocycles. The van der Waals surface area contributed by atoms with Crippen molar-refractivity contribution in [2.24, 2.45) is 0 Å². The maximum Gasteiger partial charge on any atom is 0.264 e. The van der Waals surface area contributed by atoms with Crippen molar-refractivity contribution in [2.45, 2.75) is 32.3 Å². The van der Waals surface area contributed by atoms with Crippen molar-refractivity contribution in [3.63, 3.8) is 0 Å². The van der Waals surface area contributed by atoms with Crippen LogP contribution < -0.4 is 0 Å². The second-order valence-corrected chi connectivity index (χ2v) is 7.04. The first-order chi connectivity index (χ1) is 11.2. The van der Waals surface area contributed by atoms with Crippen molar-refractivity contribution in [1.29, 1.82) is 0 Å². The molecule has 1 aliphatic rings. The lowest BCUT2D eigenvalue weighted by atomic mass is 10.1. The van der Waals surface area contributed by atoms with Gasteiger partial charge in [-0.15, -0.1) is 11.3 Å². The van der Waals surface area contributed by atoms with E-state index in [9.17, 15) is 4.79 Å². The Labute approximate surface area is 140 Å².